The minimum Gasteiger partial charge on any atom is -0.353 e. The Morgan fingerprint density at radius 2 is 1.76 bits per heavy atom. The molecule has 3 aliphatic rings. The van der Waals surface area contributed by atoms with Gasteiger partial charge in [-0.2, -0.15) is 0 Å². The second kappa shape index (κ2) is 6.25. The first-order chi connectivity index (χ1) is 10.0. The highest BCUT2D eigenvalue weighted by molar-refractivity contribution is 5.79. The van der Waals surface area contributed by atoms with Gasteiger partial charge in [-0.15, -0.1) is 0 Å². The van der Waals surface area contributed by atoms with E-state index in [1.807, 2.05) is 0 Å². The zero-order valence-corrected chi connectivity index (χ0v) is 13.6. The molecule has 0 radical (unpaired) electrons. The Balaban J connectivity index is 1.57. The fourth-order valence-corrected chi connectivity index (χ4v) is 4.76. The Labute approximate surface area is 128 Å². The number of amides is 1. The van der Waals surface area contributed by atoms with Crippen molar-refractivity contribution < 1.29 is 4.79 Å². The molecule has 0 spiro atoms. The molecule has 1 aliphatic carbocycles. The van der Waals surface area contributed by atoms with Crippen molar-refractivity contribution in [3.8, 4) is 0 Å². The lowest BCUT2D eigenvalue weighted by atomic mass is 9.77. The number of nitrogens with two attached hydrogens (primary N) is 1. The number of rotatable bonds is 2. The molecule has 0 aromatic heterocycles. The summed E-state index contributed by atoms with van der Waals surface area (Å²) in [6, 6.07) is 1.95. The van der Waals surface area contributed by atoms with Gasteiger partial charge in [0.1, 0.15) is 0 Å². The largest absolute Gasteiger partial charge is 0.353 e. The number of hydrogen-bond acceptors (Lipinski definition) is 3. The van der Waals surface area contributed by atoms with Crippen LogP contribution < -0.4 is 11.1 Å². The molecule has 21 heavy (non-hydrogen) atoms. The van der Waals surface area contributed by atoms with E-state index in [4.69, 9.17) is 5.73 Å². The molecule has 2 aliphatic heterocycles. The number of nitrogens with one attached hydrogen (secondary N) is 1. The van der Waals surface area contributed by atoms with Crippen LogP contribution in [0.25, 0.3) is 0 Å². The minimum atomic E-state index is 0.133. The summed E-state index contributed by atoms with van der Waals surface area (Å²) in [4.78, 5) is 15.2. The molecule has 0 aromatic carbocycles. The Hall–Kier alpha value is -0.610. The normalized spacial score (nSPS) is 44.3. The van der Waals surface area contributed by atoms with Gasteiger partial charge in [-0.05, 0) is 57.9 Å². The lowest BCUT2D eigenvalue weighted by Gasteiger charge is -2.47. The van der Waals surface area contributed by atoms with Crippen molar-refractivity contribution in [1.29, 1.82) is 0 Å². The zero-order chi connectivity index (χ0) is 15.0. The zero-order valence-electron chi connectivity index (χ0n) is 13.6. The van der Waals surface area contributed by atoms with Gasteiger partial charge >= 0.3 is 0 Å². The predicted octanol–water partition coefficient (Wildman–Crippen LogP) is 1.88. The van der Waals surface area contributed by atoms with Crippen molar-refractivity contribution in [3.63, 3.8) is 0 Å². The van der Waals surface area contributed by atoms with E-state index >= 15 is 0 Å². The number of hydrogen-bond donors (Lipinski definition) is 2. The molecular weight excluding hydrogens is 262 g/mol. The molecule has 2 saturated heterocycles. The van der Waals surface area contributed by atoms with Gasteiger partial charge in [-0.25, -0.2) is 0 Å². The van der Waals surface area contributed by atoms with E-state index in [1.54, 1.807) is 0 Å². The summed E-state index contributed by atoms with van der Waals surface area (Å²) in [5.41, 5.74) is 6.06. The smallest absolute Gasteiger partial charge is 0.223 e. The highest BCUT2D eigenvalue weighted by Crippen LogP contribution is 2.34. The van der Waals surface area contributed by atoms with Crippen molar-refractivity contribution >= 4 is 5.91 Å². The van der Waals surface area contributed by atoms with Crippen molar-refractivity contribution in [3.05, 3.63) is 0 Å². The summed E-state index contributed by atoms with van der Waals surface area (Å²) < 4.78 is 0. The Morgan fingerprint density at radius 3 is 2.43 bits per heavy atom. The highest BCUT2D eigenvalue weighted by atomic mass is 16.2. The summed E-state index contributed by atoms with van der Waals surface area (Å²) in [6.07, 6.45) is 9.24. The van der Waals surface area contributed by atoms with E-state index in [1.165, 1.54) is 19.3 Å². The minimum absolute atomic E-state index is 0.133. The molecule has 5 unspecified atom stereocenters. The van der Waals surface area contributed by atoms with Crippen LogP contribution in [0.4, 0.5) is 0 Å². The molecule has 1 amide bonds. The van der Waals surface area contributed by atoms with E-state index in [-0.39, 0.29) is 17.9 Å². The Bertz CT molecular complexity index is 372. The Morgan fingerprint density at radius 1 is 1.10 bits per heavy atom. The third-order valence-corrected chi connectivity index (χ3v) is 6.26. The van der Waals surface area contributed by atoms with Crippen LogP contribution in [0.2, 0.25) is 0 Å². The molecule has 3 N–H and O–H groups in total. The fraction of sp³-hybridized carbons (Fsp3) is 0.941. The van der Waals surface area contributed by atoms with Crippen LogP contribution in [-0.4, -0.2) is 42.0 Å². The second-order valence-electron chi connectivity index (χ2n) is 7.74. The van der Waals surface area contributed by atoms with E-state index < -0.39 is 0 Å². The number of piperidine rings is 2. The van der Waals surface area contributed by atoms with Crippen molar-refractivity contribution in [2.45, 2.75) is 82.5 Å². The first-order valence-electron chi connectivity index (χ1n) is 8.82. The van der Waals surface area contributed by atoms with Gasteiger partial charge in [0, 0.05) is 30.1 Å². The van der Waals surface area contributed by atoms with Crippen LogP contribution in [0.5, 0.6) is 0 Å². The average molecular weight is 293 g/mol. The van der Waals surface area contributed by atoms with Crippen molar-refractivity contribution in [2.24, 2.45) is 17.6 Å². The lowest BCUT2D eigenvalue weighted by molar-refractivity contribution is -0.129. The summed E-state index contributed by atoms with van der Waals surface area (Å²) in [6.45, 7) is 2.21. The fourth-order valence-electron chi connectivity index (χ4n) is 4.76. The quantitative estimate of drug-likeness (QED) is 0.817. The predicted molar refractivity (Wildman–Crippen MR) is 84.8 cm³/mol. The molecule has 0 aromatic rings. The lowest BCUT2D eigenvalue weighted by Crippen LogP contribution is -2.56. The first kappa shape index (κ1) is 15.3. The molecule has 3 rings (SSSR count). The summed E-state index contributed by atoms with van der Waals surface area (Å²) in [5, 5.41) is 3.37. The molecule has 2 bridgehead atoms. The van der Waals surface area contributed by atoms with Crippen LogP contribution in [0.1, 0.15) is 58.3 Å². The van der Waals surface area contributed by atoms with Crippen molar-refractivity contribution in [2.75, 3.05) is 7.05 Å². The van der Waals surface area contributed by atoms with Crippen molar-refractivity contribution in [1.82, 2.24) is 10.2 Å². The third-order valence-electron chi connectivity index (χ3n) is 6.26. The van der Waals surface area contributed by atoms with E-state index in [2.05, 4.69) is 24.2 Å². The summed E-state index contributed by atoms with van der Waals surface area (Å²) in [7, 11) is 2.26. The molecule has 120 valence electrons. The highest BCUT2D eigenvalue weighted by Gasteiger charge is 2.38. The van der Waals surface area contributed by atoms with E-state index in [0.29, 0.717) is 24.0 Å². The second-order valence-corrected chi connectivity index (χ2v) is 7.74. The van der Waals surface area contributed by atoms with Gasteiger partial charge in [0.15, 0.2) is 0 Å². The number of nitrogens with zero attached hydrogens (tertiary/aromatic N) is 1. The molecular formula is C17H31N3O. The SMILES string of the molecule is CC1CCC(N)CC1C(=O)NC1CC2CCCC(C1)N2C. The monoisotopic (exact) mass is 293 g/mol. The molecule has 4 heteroatoms. The van der Waals surface area contributed by atoms with Gasteiger partial charge in [0.05, 0.1) is 0 Å². The van der Waals surface area contributed by atoms with Gasteiger partial charge < -0.3 is 16.0 Å². The van der Waals surface area contributed by atoms with Gasteiger partial charge in [-0.1, -0.05) is 13.3 Å². The molecule has 2 heterocycles. The van der Waals surface area contributed by atoms with Gasteiger partial charge in [0.2, 0.25) is 5.91 Å². The topological polar surface area (TPSA) is 58.4 Å². The summed E-state index contributed by atoms with van der Waals surface area (Å²) >= 11 is 0. The molecule has 5 atom stereocenters. The van der Waals surface area contributed by atoms with Crippen LogP contribution >= 0.6 is 0 Å². The molecule has 3 fully saturated rings. The maximum absolute atomic E-state index is 12.6. The molecule has 4 nitrogen and oxygen atoms in total. The van der Waals surface area contributed by atoms with Crippen LogP contribution in [-0.2, 0) is 4.79 Å². The number of carbonyl (C=O) groups is 1. The maximum Gasteiger partial charge on any atom is 0.223 e. The molecule has 1 saturated carbocycles. The maximum atomic E-state index is 12.6. The van der Waals surface area contributed by atoms with Crippen LogP contribution in [0.3, 0.4) is 0 Å². The first-order valence-corrected chi connectivity index (χ1v) is 8.82. The van der Waals surface area contributed by atoms with Gasteiger partial charge in [0.25, 0.3) is 0 Å². The Kier molecular flexibility index (Phi) is 4.55. The average Bonchev–Trinajstić information content (AvgIpc) is 2.42. The standard InChI is InChI=1S/C17H31N3O/c1-11-6-7-12(18)8-16(11)17(21)19-13-9-14-4-3-5-15(10-13)20(14)2/h11-16H,3-10,18H2,1-2H3,(H,19,21). The number of fused-ring (bicyclic) bond motifs is 2. The number of carbonyl (C=O) groups excluding carboxylic acids is 1. The van der Waals surface area contributed by atoms with E-state index in [0.717, 1.165) is 32.1 Å². The van der Waals surface area contributed by atoms with Crippen LogP contribution in [0.15, 0.2) is 0 Å². The van der Waals surface area contributed by atoms with Gasteiger partial charge in [-0.3, -0.25) is 4.79 Å². The summed E-state index contributed by atoms with van der Waals surface area (Å²) in [5.74, 6) is 0.883. The van der Waals surface area contributed by atoms with Crippen LogP contribution in [0, 0.1) is 11.8 Å². The van der Waals surface area contributed by atoms with E-state index in [9.17, 15) is 4.79 Å². The third kappa shape index (κ3) is 3.26.